The number of fused-ring (bicyclic) bond motifs is 1. The summed E-state index contributed by atoms with van der Waals surface area (Å²) in [5.74, 6) is 1.95. The highest BCUT2D eigenvalue weighted by Crippen LogP contribution is 2.40. The third kappa shape index (κ3) is 5.07. The molecule has 0 aliphatic carbocycles. The van der Waals surface area contributed by atoms with Gasteiger partial charge in [-0.15, -0.1) is 0 Å². The minimum absolute atomic E-state index is 0.0450. The number of carbonyl (C=O) groups excluding carboxylic acids is 2. The topological polar surface area (TPSA) is 74.3 Å². The average Bonchev–Trinajstić information content (AvgIpc) is 3.34. The number of amides is 2. The summed E-state index contributed by atoms with van der Waals surface area (Å²) in [4.78, 5) is 27.1. The van der Waals surface area contributed by atoms with Gasteiger partial charge in [-0.1, -0.05) is 24.6 Å². The van der Waals surface area contributed by atoms with E-state index >= 15 is 0 Å². The Labute approximate surface area is 201 Å². The van der Waals surface area contributed by atoms with Crippen molar-refractivity contribution in [2.45, 2.75) is 39.8 Å². The predicted octanol–water partition coefficient (Wildman–Crippen LogP) is 5.88. The summed E-state index contributed by atoms with van der Waals surface area (Å²) in [6.07, 6.45) is 2.60. The molecule has 0 bridgehead atoms. The van der Waals surface area contributed by atoms with Crippen LogP contribution in [0.3, 0.4) is 0 Å². The second kappa shape index (κ2) is 9.97. The molecule has 7 nitrogen and oxygen atoms in total. The molecule has 1 fully saturated rings. The van der Waals surface area contributed by atoms with Gasteiger partial charge in [-0.05, 0) is 67.4 Å². The van der Waals surface area contributed by atoms with Gasteiger partial charge < -0.3 is 18.9 Å². The average molecular weight is 490 g/mol. The van der Waals surface area contributed by atoms with Crippen LogP contribution >= 0.6 is 23.4 Å². The van der Waals surface area contributed by atoms with Crippen LogP contribution in [0.15, 0.2) is 35.2 Å². The Morgan fingerprint density at radius 1 is 1.15 bits per heavy atom. The maximum Gasteiger partial charge on any atom is 0.293 e. The maximum absolute atomic E-state index is 13.0. The maximum atomic E-state index is 13.0. The lowest BCUT2D eigenvalue weighted by Crippen LogP contribution is -2.27. The molecule has 4 rings (SSSR count). The molecule has 0 spiro atoms. The van der Waals surface area contributed by atoms with E-state index in [0.717, 1.165) is 23.7 Å². The van der Waals surface area contributed by atoms with E-state index in [1.165, 1.54) is 4.90 Å². The van der Waals surface area contributed by atoms with E-state index in [9.17, 15) is 9.59 Å². The van der Waals surface area contributed by atoms with Crippen LogP contribution in [0.2, 0.25) is 5.02 Å². The van der Waals surface area contributed by atoms with Crippen LogP contribution in [0.25, 0.3) is 6.08 Å². The number of nitrogens with zero attached hydrogens (tertiary/aromatic N) is 1. The van der Waals surface area contributed by atoms with E-state index in [1.807, 2.05) is 39.0 Å². The Bertz CT molecular complexity index is 1120. The van der Waals surface area contributed by atoms with Crippen LogP contribution in [-0.4, -0.2) is 35.6 Å². The number of hydrogen-bond donors (Lipinski definition) is 0. The van der Waals surface area contributed by atoms with E-state index in [2.05, 4.69) is 0 Å². The Kier molecular flexibility index (Phi) is 7.05. The third-order valence-electron chi connectivity index (χ3n) is 5.21. The van der Waals surface area contributed by atoms with Crippen LogP contribution in [0.1, 0.15) is 38.3 Å². The van der Waals surface area contributed by atoms with Crippen molar-refractivity contribution in [3.8, 4) is 23.0 Å². The number of hydrogen-bond acceptors (Lipinski definition) is 7. The zero-order valence-corrected chi connectivity index (χ0v) is 20.1. The molecule has 0 radical (unpaired) electrons. The highest BCUT2D eigenvalue weighted by molar-refractivity contribution is 8.18. The fourth-order valence-corrected chi connectivity index (χ4v) is 4.37. The summed E-state index contributed by atoms with van der Waals surface area (Å²) in [6.45, 7) is 6.57. The monoisotopic (exact) mass is 489 g/mol. The summed E-state index contributed by atoms with van der Waals surface area (Å²) < 4.78 is 22.3. The summed E-state index contributed by atoms with van der Waals surface area (Å²) in [6, 6.07) is 8.79. The van der Waals surface area contributed by atoms with Gasteiger partial charge in [0, 0.05) is 11.1 Å². The fraction of sp³-hybridized carbons (Fsp3) is 0.333. The minimum atomic E-state index is -0.378. The van der Waals surface area contributed by atoms with E-state index < -0.39 is 0 Å². The molecule has 1 unspecified atom stereocenters. The SMILES string of the molecule is CCOc1cc(/C=C2\SC(=O)N(Cc3cc4c(cc3Cl)OCO4)C2=O)ccc1OC(C)CC. The van der Waals surface area contributed by atoms with Gasteiger partial charge in [-0.25, -0.2) is 0 Å². The molecule has 1 atom stereocenters. The summed E-state index contributed by atoms with van der Waals surface area (Å²) >= 11 is 7.22. The number of imide groups is 1. The summed E-state index contributed by atoms with van der Waals surface area (Å²) in [5.41, 5.74) is 1.34. The molecule has 33 heavy (non-hydrogen) atoms. The van der Waals surface area contributed by atoms with Crippen LogP contribution < -0.4 is 18.9 Å². The van der Waals surface area contributed by atoms with Crippen molar-refractivity contribution >= 4 is 40.6 Å². The Balaban J connectivity index is 1.55. The van der Waals surface area contributed by atoms with Gasteiger partial charge in [0.1, 0.15) is 0 Å². The van der Waals surface area contributed by atoms with E-state index in [4.69, 9.17) is 30.5 Å². The molecule has 2 aromatic rings. The molecule has 2 heterocycles. The molecule has 2 aliphatic rings. The largest absolute Gasteiger partial charge is 0.490 e. The molecule has 1 saturated heterocycles. The van der Waals surface area contributed by atoms with Crippen molar-refractivity contribution in [3.05, 3.63) is 51.4 Å². The first-order valence-corrected chi connectivity index (χ1v) is 11.9. The standard InChI is InChI=1S/C24H24ClNO6S/c1-4-14(3)32-18-7-6-15(8-19(18)29-5-2)9-22-23(27)26(24(28)33-22)12-16-10-20-21(11-17(16)25)31-13-30-20/h6-11,14H,4-5,12-13H2,1-3H3/b22-9-. The first-order valence-electron chi connectivity index (χ1n) is 10.7. The summed E-state index contributed by atoms with van der Waals surface area (Å²) in [5, 5.41) is 0.0438. The second-order valence-electron chi connectivity index (χ2n) is 7.54. The van der Waals surface area contributed by atoms with Gasteiger partial charge >= 0.3 is 0 Å². The second-order valence-corrected chi connectivity index (χ2v) is 8.94. The van der Waals surface area contributed by atoms with Gasteiger partial charge in [0.2, 0.25) is 6.79 Å². The van der Waals surface area contributed by atoms with Crippen molar-refractivity contribution in [1.82, 2.24) is 4.90 Å². The van der Waals surface area contributed by atoms with E-state index in [0.29, 0.717) is 45.1 Å². The lowest BCUT2D eigenvalue weighted by Gasteiger charge is -2.16. The van der Waals surface area contributed by atoms with Crippen LogP contribution in [-0.2, 0) is 11.3 Å². The lowest BCUT2D eigenvalue weighted by molar-refractivity contribution is -0.123. The van der Waals surface area contributed by atoms with E-state index in [1.54, 1.807) is 18.2 Å². The molecular weight excluding hydrogens is 466 g/mol. The van der Waals surface area contributed by atoms with Gasteiger partial charge in [-0.3, -0.25) is 14.5 Å². The molecule has 0 N–H and O–H groups in total. The Hall–Kier alpha value is -2.84. The number of rotatable bonds is 8. The van der Waals surface area contributed by atoms with Crippen molar-refractivity contribution < 1.29 is 28.5 Å². The lowest BCUT2D eigenvalue weighted by atomic mass is 10.1. The third-order valence-corrected chi connectivity index (χ3v) is 6.47. The molecule has 2 amide bonds. The van der Waals surface area contributed by atoms with Crippen molar-refractivity contribution in [2.24, 2.45) is 0 Å². The number of carbonyl (C=O) groups is 2. The number of thioether (sulfide) groups is 1. The first kappa shape index (κ1) is 23.3. The molecular formula is C24H24ClNO6S. The predicted molar refractivity (Wildman–Crippen MR) is 127 cm³/mol. The van der Waals surface area contributed by atoms with Crippen molar-refractivity contribution in [3.63, 3.8) is 0 Å². The molecule has 2 aromatic carbocycles. The number of benzene rings is 2. The van der Waals surface area contributed by atoms with Gasteiger partial charge in [-0.2, -0.15) is 0 Å². The van der Waals surface area contributed by atoms with Crippen LogP contribution in [0.4, 0.5) is 4.79 Å². The van der Waals surface area contributed by atoms with Gasteiger partial charge in [0.25, 0.3) is 11.1 Å². The quantitative estimate of drug-likeness (QED) is 0.428. The Morgan fingerprint density at radius 2 is 1.91 bits per heavy atom. The highest BCUT2D eigenvalue weighted by Gasteiger charge is 2.35. The molecule has 0 saturated carbocycles. The zero-order chi connectivity index (χ0) is 23.5. The van der Waals surface area contributed by atoms with Crippen molar-refractivity contribution in [1.29, 1.82) is 0 Å². The van der Waals surface area contributed by atoms with E-state index in [-0.39, 0.29) is 30.6 Å². The molecule has 2 aliphatic heterocycles. The summed E-state index contributed by atoms with van der Waals surface area (Å²) in [7, 11) is 0. The number of ether oxygens (including phenoxy) is 4. The first-order chi connectivity index (χ1) is 15.9. The van der Waals surface area contributed by atoms with Gasteiger partial charge in [0.15, 0.2) is 23.0 Å². The van der Waals surface area contributed by atoms with Crippen molar-refractivity contribution in [2.75, 3.05) is 13.4 Å². The fourth-order valence-electron chi connectivity index (χ4n) is 3.32. The number of halogens is 1. The molecule has 9 heteroatoms. The molecule has 0 aromatic heterocycles. The normalized spacial score (nSPS) is 17.1. The van der Waals surface area contributed by atoms with Gasteiger partial charge in [0.05, 0.1) is 24.2 Å². The van der Waals surface area contributed by atoms with Crippen LogP contribution in [0, 0.1) is 0 Å². The zero-order valence-electron chi connectivity index (χ0n) is 18.6. The minimum Gasteiger partial charge on any atom is -0.490 e. The Morgan fingerprint density at radius 3 is 2.64 bits per heavy atom. The smallest absolute Gasteiger partial charge is 0.293 e. The highest BCUT2D eigenvalue weighted by atomic mass is 35.5. The van der Waals surface area contributed by atoms with Crippen LogP contribution in [0.5, 0.6) is 23.0 Å². The molecule has 174 valence electrons.